The zero-order valence-electron chi connectivity index (χ0n) is 17.2. The molecule has 2 aliphatic rings. The van der Waals surface area contributed by atoms with Crippen molar-refractivity contribution in [1.29, 1.82) is 0 Å². The van der Waals surface area contributed by atoms with Crippen molar-refractivity contribution in [3.8, 4) is 5.88 Å². The molecule has 2 fully saturated rings. The van der Waals surface area contributed by atoms with Gasteiger partial charge in [0.15, 0.2) is 29.2 Å². The van der Waals surface area contributed by atoms with Gasteiger partial charge in [0.1, 0.15) is 12.4 Å². The molecule has 2 aromatic heterocycles. The van der Waals surface area contributed by atoms with Crippen LogP contribution in [0.2, 0.25) is 0 Å². The van der Waals surface area contributed by atoms with Crippen LogP contribution in [0.5, 0.6) is 5.88 Å². The van der Waals surface area contributed by atoms with Gasteiger partial charge in [0.25, 0.3) is 5.85 Å². The molecule has 0 amide bonds. The van der Waals surface area contributed by atoms with E-state index in [2.05, 4.69) is 15.0 Å². The Morgan fingerprint density at radius 3 is 2.80 bits per heavy atom. The Morgan fingerprint density at radius 1 is 1.40 bits per heavy atom. The lowest BCUT2D eigenvalue weighted by molar-refractivity contribution is -0.220. The van der Waals surface area contributed by atoms with E-state index in [1.54, 1.807) is 27.7 Å². The number of phosphoric acid groups is 1. The van der Waals surface area contributed by atoms with E-state index in [1.165, 1.54) is 10.9 Å². The Balaban J connectivity index is 1.74. The molecule has 10 nitrogen and oxygen atoms in total. The number of fused-ring (bicyclic) bond motifs is 2. The third-order valence-electron chi connectivity index (χ3n) is 4.72. The van der Waals surface area contributed by atoms with E-state index in [1.807, 2.05) is 0 Å². The molecule has 0 aliphatic carbocycles. The van der Waals surface area contributed by atoms with E-state index in [9.17, 15) is 4.57 Å². The zero-order valence-corrected chi connectivity index (χ0v) is 18.1. The first kappa shape index (κ1) is 21.5. The third-order valence-corrected chi connectivity index (χ3v) is 6.32. The molecule has 2 aliphatic heterocycles. The number of nitrogens with zero attached hydrogens (tertiary/aromatic N) is 4. The number of halogens is 2. The van der Waals surface area contributed by atoms with Gasteiger partial charge in [-0.25, -0.2) is 23.3 Å². The van der Waals surface area contributed by atoms with Crippen molar-refractivity contribution in [3.05, 3.63) is 12.2 Å². The SMILES string of the molecule is CCOc1nc(C)nc2c1ncn2[C@@H]1O[C@]2(F)COP(=O)(OC(C)C)O[C@H]2[C@@]1(C)F. The van der Waals surface area contributed by atoms with Crippen molar-refractivity contribution >= 4 is 19.0 Å². The highest BCUT2D eigenvalue weighted by atomic mass is 31.2. The minimum Gasteiger partial charge on any atom is -0.476 e. The molecule has 0 spiro atoms. The normalized spacial score (nSPS) is 36.4. The number of hydrogen-bond acceptors (Lipinski definition) is 9. The second-order valence-corrected chi connectivity index (χ2v) is 9.18. The molecular formula is C17H23F2N4O6P. The van der Waals surface area contributed by atoms with Crippen LogP contribution in [-0.4, -0.2) is 56.5 Å². The molecule has 13 heteroatoms. The molecule has 166 valence electrons. The maximum atomic E-state index is 15.9. The topological polar surface area (TPSA) is 107 Å². The number of rotatable bonds is 5. The summed E-state index contributed by atoms with van der Waals surface area (Å²) in [4.78, 5) is 12.7. The van der Waals surface area contributed by atoms with Crippen LogP contribution >= 0.6 is 7.82 Å². The summed E-state index contributed by atoms with van der Waals surface area (Å²) in [6.45, 7) is 7.23. The first-order valence-corrected chi connectivity index (χ1v) is 11.0. The molecule has 2 saturated heterocycles. The van der Waals surface area contributed by atoms with Gasteiger partial charge in [-0.1, -0.05) is 0 Å². The maximum Gasteiger partial charge on any atom is 0.475 e. The minimum absolute atomic E-state index is 0.199. The summed E-state index contributed by atoms with van der Waals surface area (Å²) in [5.41, 5.74) is -1.99. The number of aromatic nitrogens is 4. The predicted molar refractivity (Wildman–Crippen MR) is 99.4 cm³/mol. The maximum absolute atomic E-state index is 15.9. The second-order valence-electron chi connectivity index (χ2n) is 7.60. The Bertz CT molecular complexity index is 1020. The Labute approximate surface area is 171 Å². The van der Waals surface area contributed by atoms with Gasteiger partial charge in [0.2, 0.25) is 5.88 Å². The monoisotopic (exact) mass is 448 g/mol. The number of aryl methyl sites for hydroxylation is 1. The number of alkyl halides is 2. The molecule has 5 atom stereocenters. The summed E-state index contributed by atoms with van der Waals surface area (Å²) in [5, 5.41) is 0. The van der Waals surface area contributed by atoms with Gasteiger partial charge in [-0.2, -0.15) is 4.98 Å². The van der Waals surface area contributed by atoms with Crippen molar-refractivity contribution in [1.82, 2.24) is 19.5 Å². The predicted octanol–water partition coefficient (Wildman–Crippen LogP) is 3.40. The van der Waals surface area contributed by atoms with Crippen LogP contribution in [0.1, 0.15) is 39.7 Å². The fraction of sp³-hybridized carbons (Fsp3) is 0.706. The van der Waals surface area contributed by atoms with Gasteiger partial charge >= 0.3 is 7.82 Å². The second kappa shape index (κ2) is 7.16. The summed E-state index contributed by atoms with van der Waals surface area (Å²) >= 11 is 0. The molecule has 0 saturated carbocycles. The average Bonchev–Trinajstić information content (AvgIpc) is 3.13. The van der Waals surface area contributed by atoms with Crippen LogP contribution in [0.3, 0.4) is 0 Å². The summed E-state index contributed by atoms with van der Waals surface area (Å²) in [7, 11) is -4.17. The summed E-state index contributed by atoms with van der Waals surface area (Å²) in [6, 6.07) is 0. The van der Waals surface area contributed by atoms with Crippen LogP contribution in [0.25, 0.3) is 11.2 Å². The van der Waals surface area contributed by atoms with Crippen molar-refractivity contribution < 1.29 is 36.4 Å². The highest BCUT2D eigenvalue weighted by Crippen LogP contribution is 2.63. The van der Waals surface area contributed by atoms with Crippen molar-refractivity contribution in [2.24, 2.45) is 0 Å². The molecule has 0 N–H and O–H groups in total. The lowest BCUT2D eigenvalue weighted by Gasteiger charge is -2.36. The van der Waals surface area contributed by atoms with E-state index in [0.717, 1.165) is 6.92 Å². The number of phosphoric ester groups is 1. The van der Waals surface area contributed by atoms with Crippen molar-refractivity contribution in [2.45, 2.75) is 64.6 Å². The molecule has 4 rings (SSSR count). The Morgan fingerprint density at radius 2 is 2.13 bits per heavy atom. The number of ether oxygens (including phenoxy) is 2. The van der Waals surface area contributed by atoms with E-state index in [0.29, 0.717) is 12.4 Å². The highest BCUT2D eigenvalue weighted by Gasteiger charge is 2.70. The molecule has 0 bridgehead atoms. The first-order valence-electron chi connectivity index (χ1n) is 9.50. The molecule has 0 radical (unpaired) electrons. The van der Waals surface area contributed by atoms with Crippen LogP contribution in [-0.2, 0) is 22.9 Å². The van der Waals surface area contributed by atoms with Crippen molar-refractivity contribution in [3.63, 3.8) is 0 Å². The molecule has 30 heavy (non-hydrogen) atoms. The quantitative estimate of drug-likeness (QED) is 0.636. The lowest BCUT2D eigenvalue weighted by Crippen LogP contribution is -2.51. The smallest absolute Gasteiger partial charge is 0.475 e. The van der Waals surface area contributed by atoms with Crippen LogP contribution < -0.4 is 4.74 Å². The molecule has 0 aromatic carbocycles. The van der Waals surface area contributed by atoms with Gasteiger partial charge in [-0.05, 0) is 34.6 Å². The molecule has 2 aromatic rings. The molecular weight excluding hydrogens is 425 g/mol. The van der Waals surface area contributed by atoms with E-state index < -0.39 is 44.4 Å². The summed E-state index contributed by atoms with van der Waals surface area (Å²) in [6.07, 6.45) is -2.67. The first-order chi connectivity index (χ1) is 14.0. The summed E-state index contributed by atoms with van der Waals surface area (Å²) < 4.78 is 71.5. The molecule has 4 heterocycles. The van der Waals surface area contributed by atoms with Gasteiger partial charge in [0.05, 0.1) is 19.0 Å². The van der Waals surface area contributed by atoms with E-state index in [-0.39, 0.29) is 17.0 Å². The van der Waals surface area contributed by atoms with Gasteiger partial charge in [-0.15, -0.1) is 0 Å². The number of imidazole rings is 1. The Kier molecular flexibility index (Phi) is 5.14. The van der Waals surface area contributed by atoms with Crippen molar-refractivity contribution in [2.75, 3.05) is 13.2 Å². The number of hydrogen-bond donors (Lipinski definition) is 0. The molecule has 1 unspecified atom stereocenters. The van der Waals surface area contributed by atoms with E-state index in [4.69, 9.17) is 23.0 Å². The largest absolute Gasteiger partial charge is 0.476 e. The van der Waals surface area contributed by atoms with Gasteiger partial charge in [-0.3, -0.25) is 18.1 Å². The minimum atomic E-state index is -4.17. The van der Waals surface area contributed by atoms with E-state index >= 15 is 8.78 Å². The van der Waals surface area contributed by atoms with Crippen LogP contribution in [0.4, 0.5) is 8.78 Å². The fourth-order valence-corrected chi connectivity index (χ4v) is 5.22. The summed E-state index contributed by atoms with van der Waals surface area (Å²) in [5.74, 6) is -2.11. The highest BCUT2D eigenvalue weighted by molar-refractivity contribution is 7.48. The van der Waals surface area contributed by atoms with Gasteiger partial charge in [0, 0.05) is 0 Å². The van der Waals surface area contributed by atoms with Gasteiger partial charge < -0.3 is 9.47 Å². The lowest BCUT2D eigenvalue weighted by atomic mass is 9.97. The fourth-order valence-electron chi connectivity index (χ4n) is 3.58. The van der Waals surface area contributed by atoms with Crippen LogP contribution in [0.15, 0.2) is 6.33 Å². The average molecular weight is 448 g/mol. The third kappa shape index (κ3) is 3.40. The van der Waals surface area contributed by atoms with Crippen LogP contribution in [0, 0.1) is 6.92 Å². The zero-order chi connectivity index (χ0) is 21.9. The Hall–Kier alpha value is -1.72. The standard InChI is InChI=1S/C17H23F2N4O6P/c1-6-25-13-11-12(21-10(4)22-13)23(8-20-11)15-16(5,18)14-17(19,27-15)7-26-30(24,29-14)28-9(2)3/h8-9,14-15H,6-7H2,1-5H3/t14-,15+,16+,17+,30?/m0/s1.